The van der Waals surface area contributed by atoms with Gasteiger partial charge in [-0.05, 0) is 68.9 Å². The third kappa shape index (κ3) is 3.82. The van der Waals surface area contributed by atoms with E-state index in [1.807, 2.05) is 6.07 Å². The Bertz CT molecular complexity index is 2510. The summed E-state index contributed by atoms with van der Waals surface area (Å²) in [6.07, 6.45) is 0. The van der Waals surface area contributed by atoms with Crippen LogP contribution in [0.4, 0.5) is 17.1 Å². The monoisotopic (exact) mass is 561 g/mol. The minimum Gasteiger partial charge on any atom is -0.455 e. The van der Waals surface area contributed by atoms with Gasteiger partial charge in [0.15, 0.2) is 0 Å². The number of hydrogen-bond acceptors (Lipinski definition) is 2. The largest absolute Gasteiger partial charge is 0.455 e. The maximum Gasteiger partial charge on any atom is 0.145 e. The molecule has 8 aromatic carbocycles. The summed E-state index contributed by atoms with van der Waals surface area (Å²) in [5.41, 5.74) is 7.32. The van der Waals surface area contributed by atoms with Crippen LogP contribution in [0.1, 0.15) is 0 Å². The van der Waals surface area contributed by atoms with Crippen LogP contribution in [-0.4, -0.2) is 0 Å². The zero-order chi connectivity index (χ0) is 29.0. The summed E-state index contributed by atoms with van der Waals surface area (Å²) in [5, 5.41) is 9.53. The summed E-state index contributed by atoms with van der Waals surface area (Å²) in [7, 11) is 0. The maximum absolute atomic E-state index is 6.70. The van der Waals surface area contributed by atoms with Crippen molar-refractivity contribution in [2.24, 2.45) is 0 Å². The highest BCUT2D eigenvalue weighted by Crippen LogP contribution is 2.48. The standard InChI is InChI=1S/C42H27NO/c1-2-12-29(13-3-1)35-25-26-38(41-36-18-8-9-20-39(36)44-42(35)41)43(33-24-23-28-11-4-5-15-32(28)27-33)37-19-10-16-31-22-21-30-14-6-7-17-34(30)40(31)37/h1-27H. The van der Waals surface area contributed by atoms with E-state index in [0.29, 0.717) is 0 Å². The molecule has 0 saturated heterocycles. The molecule has 0 N–H and O–H groups in total. The molecule has 0 amide bonds. The summed E-state index contributed by atoms with van der Waals surface area (Å²) < 4.78 is 6.70. The second kappa shape index (κ2) is 9.86. The fourth-order valence-electron chi connectivity index (χ4n) is 6.79. The molecule has 0 fully saturated rings. The third-order valence-corrected chi connectivity index (χ3v) is 8.81. The van der Waals surface area contributed by atoms with Crippen LogP contribution in [0.3, 0.4) is 0 Å². The fraction of sp³-hybridized carbons (Fsp3) is 0. The molecular weight excluding hydrogens is 534 g/mol. The molecule has 0 bridgehead atoms. The Morgan fingerprint density at radius 1 is 0.409 bits per heavy atom. The number of fused-ring (bicyclic) bond motifs is 7. The Morgan fingerprint density at radius 2 is 1.07 bits per heavy atom. The second-order valence-corrected chi connectivity index (χ2v) is 11.3. The number of anilines is 3. The average Bonchev–Trinajstić information content (AvgIpc) is 3.49. The van der Waals surface area contributed by atoms with Crippen molar-refractivity contribution in [2.45, 2.75) is 0 Å². The van der Waals surface area contributed by atoms with Gasteiger partial charge in [0.25, 0.3) is 0 Å². The maximum atomic E-state index is 6.70. The molecule has 0 atom stereocenters. The zero-order valence-electron chi connectivity index (χ0n) is 23.9. The van der Waals surface area contributed by atoms with Gasteiger partial charge in [-0.3, -0.25) is 0 Å². The van der Waals surface area contributed by atoms with Crippen LogP contribution in [0.5, 0.6) is 0 Å². The van der Waals surface area contributed by atoms with Crippen molar-refractivity contribution >= 4 is 71.3 Å². The smallest absolute Gasteiger partial charge is 0.145 e. The Kier molecular flexibility index (Phi) is 5.54. The van der Waals surface area contributed by atoms with Crippen molar-refractivity contribution in [1.82, 2.24) is 0 Å². The van der Waals surface area contributed by atoms with E-state index in [2.05, 4.69) is 163 Å². The number of benzene rings is 8. The average molecular weight is 562 g/mol. The molecule has 0 aliphatic carbocycles. The molecule has 0 unspecified atom stereocenters. The van der Waals surface area contributed by atoms with E-state index in [9.17, 15) is 0 Å². The lowest BCUT2D eigenvalue weighted by molar-refractivity contribution is 0.670. The SMILES string of the molecule is c1ccc(-c2ccc(N(c3ccc4ccccc4c3)c3cccc4ccc5ccccc5c34)c3c2oc2ccccc23)cc1. The Morgan fingerprint density at radius 3 is 1.95 bits per heavy atom. The molecule has 9 rings (SSSR count). The predicted octanol–water partition coefficient (Wildman–Crippen LogP) is 12.2. The minimum atomic E-state index is 0.883. The number of hydrogen-bond donors (Lipinski definition) is 0. The van der Waals surface area contributed by atoms with E-state index in [1.54, 1.807) is 0 Å². The number of rotatable bonds is 4. The lowest BCUT2D eigenvalue weighted by atomic mass is 9.97. The molecule has 0 spiro atoms. The zero-order valence-corrected chi connectivity index (χ0v) is 23.9. The Balaban J connectivity index is 1.43. The minimum absolute atomic E-state index is 0.883. The van der Waals surface area contributed by atoms with Crippen LogP contribution in [0.15, 0.2) is 168 Å². The first-order valence-corrected chi connectivity index (χ1v) is 15.0. The van der Waals surface area contributed by atoms with Gasteiger partial charge in [-0.2, -0.15) is 0 Å². The lowest BCUT2D eigenvalue weighted by Crippen LogP contribution is -2.11. The molecule has 0 aliphatic heterocycles. The Labute approximate surface area is 255 Å². The first-order valence-electron chi connectivity index (χ1n) is 15.0. The molecule has 2 nitrogen and oxygen atoms in total. The van der Waals surface area contributed by atoms with Crippen LogP contribution in [0, 0.1) is 0 Å². The van der Waals surface area contributed by atoms with E-state index in [4.69, 9.17) is 4.42 Å². The molecule has 9 aromatic rings. The van der Waals surface area contributed by atoms with Crippen LogP contribution >= 0.6 is 0 Å². The van der Waals surface area contributed by atoms with E-state index in [-0.39, 0.29) is 0 Å². The van der Waals surface area contributed by atoms with Crippen molar-refractivity contribution in [3.63, 3.8) is 0 Å². The van der Waals surface area contributed by atoms with Crippen LogP contribution in [0.25, 0.3) is 65.4 Å². The van der Waals surface area contributed by atoms with Crippen molar-refractivity contribution in [2.75, 3.05) is 4.90 Å². The quantitative estimate of drug-likeness (QED) is 0.199. The van der Waals surface area contributed by atoms with Gasteiger partial charge in [0.2, 0.25) is 0 Å². The third-order valence-electron chi connectivity index (χ3n) is 8.81. The fourth-order valence-corrected chi connectivity index (χ4v) is 6.79. The number of para-hydroxylation sites is 1. The Hall–Kier alpha value is -5.86. The molecular formula is C42H27NO. The van der Waals surface area contributed by atoms with Gasteiger partial charge in [0.05, 0.1) is 16.8 Å². The molecule has 1 heterocycles. The molecule has 44 heavy (non-hydrogen) atoms. The van der Waals surface area contributed by atoms with Gasteiger partial charge in [0.1, 0.15) is 11.2 Å². The molecule has 1 aromatic heterocycles. The van der Waals surface area contributed by atoms with Crippen molar-refractivity contribution in [1.29, 1.82) is 0 Å². The van der Waals surface area contributed by atoms with E-state index in [0.717, 1.165) is 50.1 Å². The summed E-state index contributed by atoms with van der Waals surface area (Å²) in [4.78, 5) is 2.43. The van der Waals surface area contributed by atoms with Crippen molar-refractivity contribution in [3.8, 4) is 11.1 Å². The highest BCUT2D eigenvalue weighted by Gasteiger charge is 2.24. The van der Waals surface area contributed by atoms with Crippen LogP contribution < -0.4 is 4.90 Å². The van der Waals surface area contributed by atoms with Gasteiger partial charge in [-0.15, -0.1) is 0 Å². The van der Waals surface area contributed by atoms with E-state index < -0.39 is 0 Å². The van der Waals surface area contributed by atoms with Crippen LogP contribution in [0.2, 0.25) is 0 Å². The van der Waals surface area contributed by atoms with Crippen molar-refractivity contribution < 1.29 is 4.42 Å². The number of nitrogens with zero attached hydrogens (tertiary/aromatic N) is 1. The second-order valence-electron chi connectivity index (χ2n) is 11.3. The molecule has 0 saturated carbocycles. The highest BCUT2D eigenvalue weighted by molar-refractivity contribution is 6.20. The number of furan rings is 1. The topological polar surface area (TPSA) is 16.4 Å². The highest BCUT2D eigenvalue weighted by atomic mass is 16.3. The van der Waals surface area contributed by atoms with Crippen molar-refractivity contribution in [3.05, 3.63) is 164 Å². The molecule has 0 aliphatic rings. The first-order chi connectivity index (χ1) is 21.8. The van der Waals surface area contributed by atoms with Gasteiger partial charge in [0, 0.05) is 22.0 Å². The molecule has 206 valence electrons. The summed E-state index contributed by atoms with van der Waals surface area (Å²) >= 11 is 0. The van der Waals surface area contributed by atoms with Gasteiger partial charge in [-0.1, -0.05) is 127 Å². The first kappa shape index (κ1) is 24.7. The van der Waals surface area contributed by atoms with E-state index >= 15 is 0 Å². The predicted molar refractivity (Wildman–Crippen MR) is 186 cm³/mol. The molecule has 2 heteroatoms. The summed E-state index contributed by atoms with van der Waals surface area (Å²) in [6.45, 7) is 0. The van der Waals surface area contributed by atoms with Crippen LogP contribution in [-0.2, 0) is 0 Å². The molecule has 0 radical (unpaired) electrons. The normalized spacial score (nSPS) is 11.6. The van der Waals surface area contributed by atoms with Gasteiger partial charge >= 0.3 is 0 Å². The summed E-state index contributed by atoms with van der Waals surface area (Å²) in [5.74, 6) is 0. The van der Waals surface area contributed by atoms with Gasteiger partial charge in [-0.25, -0.2) is 0 Å². The van der Waals surface area contributed by atoms with Gasteiger partial charge < -0.3 is 9.32 Å². The lowest BCUT2D eigenvalue weighted by Gasteiger charge is -2.28. The van der Waals surface area contributed by atoms with E-state index in [1.165, 1.54) is 32.3 Å². The summed E-state index contributed by atoms with van der Waals surface area (Å²) in [6, 6.07) is 58.5.